The Morgan fingerprint density at radius 3 is 1.81 bits per heavy atom. The van der Waals surface area contributed by atoms with E-state index in [1.165, 1.54) is 67.1 Å². The van der Waals surface area contributed by atoms with Crippen molar-refractivity contribution in [3.63, 3.8) is 0 Å². The summed E-state index contributed by atoms with van der Waals surface area (Å²) < 4.78 is 0.00718. The standard InChI is InChI=1S/C30H36I2N4/c1-22-20-28(24-14-8-10-16-26(24)34-22)33-19-13-7-5-3-4-6-12-18-30(31,32)36-29-21-23(2)35-27-17-11-9-15-25(27)29/h8-11,14-17,20-21H,3-7,12-13,18-19H2,1-2H3,(H,33,34)(H,35,36). The highest BCUT2D eigenvalue weighted by Crippen LogP contribution is 2.37. The van der Waals surface area contributed by atoms with E-state index in [4.69, 9.17) is 0 Å². The SMILES string of the molecule is Cc1cc(NCCCCCCCCCC(I)(I)Nc2cc(C)nc3ccccc23)c2ccccc2n1. The monoisotopic (exact) mass is 706 g/mol. The molecule has 4 rings (SSSR count). The van der Waals surface area contributed by atoms with E-state index < -0.39 is 0 Å². The minimum Gasteiger partial charge on any atom is -0.384 e. The number of anilines is 2. The van der Waals surface area contributed by atoms with Gasteiger partial charge < -0.3 is 10.6 Å². The number of nitrogens with one attached hydrogen (secondary N) is 2. The van der Waals surface area contributed by atoms with Gasteiger partial charge in [-0.3, -0.25) is 9.97 Å². The summed E-state index contributed by atoms with van der Waals surface area (Å²) in [4.78, 5) is 9.30. The van der Waals surface area contributed by atoms with Gasteiger partial charge in [-0.05, 0) is 103 Å². The smallest absolute Gasteiger partial charge is 0.141 e. The fraction of sp³-hybridized carbons (Fsp3) is 0.400. The number of aromatic nitrogens is 2. The Morgan fingerprint density at radius 2 is 1.17 bits per heavy atom. The zero-order chi connectivity index (χ0) is 25.4. The number of aryl methyl sites for hydroxylation is 2. The normalized spacial score (nSPS) is 11.8. The van der Waals surface area contributed by atoms with Gasteiger partial charge in [0.2, 0.25) is 0 Å². The van der Waals surface area contributed by atoms with Gasteiger partial charge in [-0.2, -0.15) is 0 Å². The number of alkyl halides is 2. The van der Waals surface area contributed by atoms with Gasteiger partial charge in [0, 0.05) is 40.1 Å². The topological polar surface area (TPSA) is 49.8 Å². The highest BCUT2D eigenvalue weighted by Gasteiger charge is 2.22. The summed E-state index contributed by atoms with van der Waals surface area (Å²) in [7, 11) is 0. The third kappa shape index (κ3) is 7.91. The molecule has 4 aromatic rings. The Labute approximate surface area is 242 Å². The van der Waals surface area contributed by atoms with Gasteiger partial charge >= 0.3 is 0 Å². The van der Waals surface area contributed by atoms with E-state index in [0.29, 0.717) is 0 Å². The Morgan fingerprint density at radius 1 is 0.667 bits per heavy atom. The summed E-state index contributed by atoms with van der Waals surface area (Å²) in [5.41, 5.74) is 6.65. The lowest BCUT2D eigenvalue weighted by Crippen LogP contribution is -2.23. The first-order valence-electron chi connectivity index (χ1n) is 13.0. The van der Waals surface area contributed by atoms with Crippen LogP contribution in [0.25, 0.3) is 21.8 Å². The predicted octanol–water partition coefficient (Wildman–Crippen LogP) is 9.57. The third-order valence-electron chi connectivity index (χ3n) is 6.49. The van der Waals surface area contributed by atoms with Crippen LogP contribution in [0, 0.1) is 13.8 Å². The van der Waals surface area contributed by atoms with Crippen LogP contribution >= 0.6 is 45.2 Å². The Bertz CT molecular complexity index is 1290. The number of pyridine rings is 2. The molecule has 0 fully saturated rings. The van der Waals surface area contributed by atoms with Crippen molar-refractivity contribution >= 4 is 78.4 Å². The maximum atomic E-state index is 4.67. The molecule has 2 aromatic carbocycles. The van der Waals surface area contributed by atoms with Crippen LogP contribution in [0.4, 0.5) is 11.4 Å². The number of para-hydroxylation sites is 2. The predicted molar refractivity (Wildman–Crippen MR) is 173 cm³/mol. The van der Waals surface area contributed by atoms with E-state index in [9.17, 15) is 0 Å². The van der Waals surface area contributed by atoms with Crippen molar-refractivity contribution < 1.29 is 0 Å². The molecule has 0 unspecified atom stereocenters. The van der Waals surface area contributed by atoms with Crippen LogP contribution in [0.15, 0.2) is 60.7 Å². The molecule has 36 heavy (non-hydrogen) atoms. The molecular formula is C30H36I2N4. The van der Waals surface area contributed by atoms with Crippen LogP contribution in [-0.4, -0.2) is 18.1 Å². The highest BCUT2D eigenvalue weighted by molar-refractivity contribution is 14.2. The lowest BCUT2D eigenvalue weighted by molar-refractivity contribution is 0.573. The zero-order valence-electron chi connectivity index (χ0n) is 21.3. The van der Waals surface area contributed by atoms with E-state index in [2.05, 4.69) is 140 Å². The lowest BCUT2D eigenvalue weighted by atomic mass is 10.1. The van der Waals surface area contributed by atoms with Crippen LogP contribution in [0.1, 0.15) is 62.8 Å². The highest BCUT2D eigenvalue weighted by atomic mass is 127. The molecule has 2 N–H and O–H groups in total. The maximum Gasteiger partial charge on any atom is 0.141 e. The van der Waals surface area contributed by atoms with Crippen LogP contribution in [0.5, 0.6) is 0 Å². The van der Waals surface area contributed by atoms with Crippen molar-refractivity contribution in [3.8, 4) is 0 Å². The quantitative estimate of drug-likeness (QED) is 0.0630. The van der Waals surface area contributed by atoms with E-state index in [0.717, 1.165) is 35.4 Å². The number of benzene rings is 2. The van der Waals surface area contributed by atoms with Crippen molar-refractivity contribution in [3.05, 3.63) is 72.1 Å². The fourth-order valence-corrected chi connectivity index (χ4v) is 6.05. The molecule has 0 saturated heterocycles. The molecule has 4 nitrogen and oxygen atoms in total. The van der Waals surface area contributed by atoms with E-state index >= 15 is 0 Å². The average molecular weight is 706 g/mol. The van der Waals surface area contributed by atoms with Crippen molar-refractivity contribution in [2.45, 2.75) is 66.8 Å². The second kappa shape index (κ2) is 13.2. The van der Waals surface area contributed by atoms with E-state index in [1.54, 1.807) is 0 Å². The Balaban J connectivity index is 1.11. The first-order chi connectivity index (χ1) is 17.4. The van der Waals surface area contributed by atoms with Gasteiger partial charge in [0.25, 0.3) is 0 Å². The summed E-state index contributed by atoms with van der Waals surface area (Å²) in [6, 6.07) is 21.1. The second-order valence-corrected chi connectivity index (χ2v) is 15.4. The molecule has 0 spiro atoms. The third-order valence-corrected chi connectivity index (χ3v) is 8.11. The van der Waals surface area contributed by atoms with Crippen molar-refractivity contribution in [2.75, 3.05) is 17.2 Å². The van der Waals surface area contributed by atoms with Crippen molar-refractivity contribution in [1.82, 2.24) is 9.97 Å². The molecule has 0 aliphatic rings. The van der Waals surface area contributed by atoms with Gasteiger partial charge in [-0.25, -0.2) is 0 Å². The summed E-state index contributed by atoms with van der Waals surface area (Å²) in [6.45, 7) is 5.15. The second-order valence-electron chi connectivity index (χ2n) is 9.64. The molecule has 0 atom stereocenters. The molecule has 0 amide bonds. The molecule has 0 bridgehead atoms. The number of nitrogens with zero attached hydrogens (tertiary/aromatic N) is 2. The van der Waals surface area contributed by atoms with Gasteiger partial charge in [-0.15, -0.1) is 0 Å². The fourth-order valence-electron chi connectivity index (χ4n) is 4.70. The lowest BCUT2D eigenvalue weighted by Gasteiger charge is -2.25. The van der Waals surface area contributed by atoms with Gasteiger partial charge in [0.05, 0.1) is 11.0 Å². The summed E-state index contributed by atoms with van der Waals surface area (Å²) in [6.07, 6.45) is 10.2. The number of hydrogen-bond donors (Lipinski definition) is 2. The molecule has 2 heterocycles. The summed E-state index contributed by atoms with van der Waals surface area (Å²) >= 11 is 5.13. The molecule has 0 aliphatic carbocycles. The summed E-state index contributed by atoms with van der Waals surface area (Å²) in [5, 5.41) is 9.83. The molecular weight excluding hydrogens is 670 g/mol. The number of rotatable bonds is 13. The molecule has 0 saturated carbocycles. The largest absolute Gasteiger partial charge is 0.384 e. The molecule has 2 aromatic heterocycles. The van der Waals surface area contributed by atoms with Crippen molar-refractivity contribution in [1.29, 1.82) is 0 Å². The first-order valence-corrected chi connectivity index (χ1v) is 15.2. The first kappa shape index (κ1) is 27.4. The van der Waals surface area contributed by atoms with Crippen LogP contribution in [0.2, 0.25) is 0 Å². The van der Waals surface area contributed by atoms with Gasteiger partial charge in [0.15, 0.2) is 0 Å². The van der Waals surface area contributed by atoms with Crippen molar-refractivity contribution in [2.24, 2.45) is 0 Å². The number of hydrogen-bond acceptors (Lipinski definition) is 4. The molecule has 190 valence electrons. The van der Waals surface area contributed by atoms with Crippen LogP contribution in [-0.2, 0) is 0 Å². The zero-order valence-corrected chi connectivity index (χ0v) is 25.6. The number of fused-ring (bicyclic) bond motifs is 2. The molecule has 0 aliphatic heterocycles. The minimum atomic E-state index is 0.00718. The Kier molecular flexibility index (Phi) is 10.0. The van der Waals surface area contributed by atoms with Crippen LogP contribution in [0.3, 0.4) is 0 Å². The molecule has 6 heteroatoms. The minimum absolute atomic E-state index is 0.00718. The van der Waals surface area contributed by atoms with Gasteiger partial charge in [0.1, 0.15) is 1.55 Å². The number of unbranched alkanes of at least 4 members (excludes halogenated alkanes) is 6. The Hall–Kier alpha value is -1.68. The average Bonchev–Trinajstić information content (AvgIpc) is 2.84. The van der Waals surface area contributed by atoms with E-state index in [-0.39, 0.29) is 1.55 Å². The van der Waals surface area contributed by atoms with E-state index in [1.807, 2.05) is 0 Å². The van der Waals surface area contributed by atoms with Gasteiger partial charge in [-0.1, -0.05) is 68.5 Å². The van der Waals surface area contributed by atoms with Crippen LogP contribution < -0.4 is 10.6 Å². The molecule has 0 radical (unpaired) electrons. The summed E-state index contributed by atoms with van der Waals surface area (Å²) in [5.74, 6) is 0. The maximum absolute atomic E-state index is 4.67. The number of halogens is 2.